The summed E-state index contributed by atoms with van der Waals surface area (Å²) in [5.41, 5.74) is 1.54. The molecule has 1 aromatic rings. The number of hydrogen-bond donors (Lipinski definition) is 1. The molecule has 0 spiro atoms. The van der Waals surface area contributed by atoms with Crippen molar-refractivity contribution in [1.29, 1.82) is 0 Å². The minimum atomic E-state index is -0.0603. The van der Waals surface area contributed by atoms with E-state index in [1.165, 1.54) is 6.20 Å². The maximum Gasteiger partial charge on any atom is 0.256 e. The molecule has 2 aliphatic heterocycles. The molecule has 7 heteroatoms. The van der Waals surface area contributed by atoms with Gasteiger partial charge in [0.2, 0.25) is 5.91 Å². The Hall–Kier alpha value is -2.02. The quantitative estimate of drug-likeness (QED) is 0.763. The van der Waals surface area contributed by atoms with E-state index < -0.39 is 0 Å². The van der Waals surface area contributed by atoms with Crippen molar-refractivity contribution >= 4 is 11.8 Å². The highest BCUT2D eigenvalue weighted by atomic mass is 16.5. The molecule has 1 saturated heterocycles. The lowest BCUT2D eigenvalue weighted by Crippen LogP contribution is -2.48. The number of ether oxygens (including phenoxy) is 1. The summed E-state index contributed by atoms with van der Waals surface area (Å²) in [5, 5.41) is 10.2. The highest BCUT2D eigenvalue weighted by molar-refractivity contribution is 5.96. The normalized spacial score (nSPS) is 23.6. The lowest BCUT2D eigenvalue weighted by atomic mass is 9.99. The summed E-state index contributed by atoms with van der Waals surface area (Å²) in [6.45, 7) is 1.28. The number of carbonyl (C=O) groups is 2. The Bertz CT molecular complexity index is 534. The van der Waals surface area contributed by atoms with Crippen LogP contribution in [-0.2, 0) is 16.0 Å². The van der Waals surface area contributed by atoms with Crippen LogP contribution in [0.1, 0.15) is 28.8 Å². The molecule has 20 heavy (non-hydrogen) atoms. The van der Waals surface area contributed by atoms with Crippen LogP contribution in [0.25, 0.3) is 0 Å². The Kier molecular flexibility index (Phi) is 3.60. The van der Waals surface area contributed by atoms with E-state index in [0.29, 0.717) is 31.6 Å². The van der Waals surface area contributed by atoms with Crippen LogP contribution in [0, 0.1) is 0 Å². The molecule has 1 atom stereocenters. The zero-order valence-corrected chi connectivity index (χ0v) is 11.0. The second kappa shape index (κ2) is 5.54. The topological polar surface area (TPSA) is 84.4 Å². The monoisotopic (exact) mass is 276 g/mol. The van der Waals surface area contributed by atoms with E-state index in [1.54, 1.807) is 11.1 Å². The van der Waals surface area contributed by atoms with Gasteiger partial charge in [0.15, 0.2) is 0 Å². The molecule has 1 N–H and O–H groups in total. The molecule has 2 amide bonds. The first-order chi connectivity index (χ1) is 9.75. The third kappa shape index (κ3) is 2.49. The van der Waals surface area contributed by atoms with Gasteiger partial charge >= 0.3 is 0 Å². The molecule has 0 aromatic carbocycles. The number of nitrogens with one attached hydrogen (secondary N) is 1. The van der Waals surface area contributed by atoms with Gasteiger partial charge < -0.3 is 15.0 Å². The average molecular weight is 276 g/mol. The van der Waals surface area contributed by atoms with Gasteiger partial charge in [-0.05, 0) is 18.4 Å². The molecule has 0 saturated carbocycles. The Morgan fingerprint density at radius 2 is 2.10 bits per heavy atom. The molecular weight excluding hydrogens is 260 g/mol. The van der Waals surface area contributed by atoms with E-state index in [1.807, 2.05) is 0 Å². The molecule has 3 heterocycles. The van der Waals surface area contributed by atoms with Crippen molar-refractivity contribution in [2.24, 2.45) is 0 Å². The number of amides is 2. The predicted molar refractivity (Wildman–Crippen MR) is 68.8 cm³/mol. The number of aromatic nitrogens is 2. The van der Waals surface area contributed by atoms with Crippen LogP contribution in [0.3, 0.4) is 0 Å². The molecule has 106 valence electrons. The summed E-state index contributed by atoms with van der Waals surface area (Å²) in [5.74, 6) is -0.0823. The van der Waals surface area contributed by atoms with Crippen LogP contribution < -0.4 is 5.32 Å². The van der Waals surface area contributed by atoms with Gasteiger partial charge in [-0.2, -0.15) is 10.2 Å². The van der Waals surface area contributed by atoms with E-state index in [2.05, 4.69) is 15.5 Å². The third-order valence-corrected chi connectivity index (χ3v) is 3.75. The van der Waals surface area contributed by atoms with E-state index in [9.17, 15) is 9.59 Å². The smallest absolute Gasteiger partial charge is 0.256 e. The molecule has 1 fully saturated rings. The first-order valence-electron chi connectivity index (χ1n) is 6.70. The Balaban J connectivity index is 1.77. The van der Waals surface area contributed by atoms with Crippen molar-refractivity contribution < 1.29 is 14.3 Å². The predicted octanol–water partition coefficient (Wildman–Crippen LogP) is -0.272. The highest BCUT2D eigenvalue weighted by Gasteiger charge is 2.31. The van der Waals surface area contributed by atoms with Gasteiger partial charge in [0, 0.05) is 13.0 Å². The lowest BCUT2D eigenvalue weighted by Gasteiger charge is -2.35. The Morgan fingerprint density at radius 3 is 3.00 bits per heavy atom. The van der Waals surface area contributed by atoms with Gasteiger partial charge in [-0.3, -0.25) is 9.59 Å². The molecule has 7 nitrogen and oxygen atoms in total. The van der Waals surface area contributed by atoms with Gasteiger partial charge in [0.25, 0.3) is 5.91 Å². The molecule has 0 bridgehead atoms. The number of rotatable bonds is 1. The largest absolute Gasteiger partial charge is 0.359 e. The zero-order chi connectivity index (χ0) is 13.9. The maximum atomic E-state index is 12.5. The summed E-state index contributed by atoms with van der Waals surface area (Å²) in [6, 6.07) is -0.0603. The van der Waals surface area contributed by atoms with Crippen molar-refractivity contribution in [2.45, 2.75) is 25.3 Å². The fraction of sp³-hybridized carbons (Fsp3) is 0.538. The summed E-state index contributed by atoms with van der Waals surface area (Å²) in [7, 11) is 0. The fourth-order valence-corrected chi connectivity index (χ4v) is 2.63. The maximum absolute atomic E-state index is 12.5. The molecule has 1 aromatic heterocycles. The van der Waals surface area contributed by atoms with Crippen molar-refractivity contribution in [1.82, 2.24) is 20.4 Å². The highest BCUT2D eigenvalue weighted by Crippen LogP contribution is 2.21. The lowest BCUT2D eigenvalue weighted by molar-refractivity contribution is -0.124. The number of carbonyl (C=O) groups excluding carboxylic acids is 2. The average Bonchev–Trinajstić information content (AvgIpc) is 2.45. The van der Waals surface area contributed by atoms with E-state index in [0.717, 1.165) is 12.0 Å². The molecular formula is C13H16N4O3. The molecule has 0 radical (unpaired) electrons. The minimum Gasteiger partial charge on any atom is -0.359 e. The van der Waals surface area contributed by atoms with Crippen LogP contribution in [0.2, 0.25) is 0 Å². The Morgan fingerprint density at radius 1 is 1.25 bits per heavy atom. The van der Waals surface area contributed by atoms with Crippen LogP contribution in [0.4, 0.5) is 0 Å². The Labute approximate surface area is 116 Å². The van der Waals surface area contributed by atoms with Crippen molar-refractivity contribution in [3.63, 3.8) is 0 Å². The summed E-state index contributed by atoms with van der Waals surface area (Å²) < 4.78 is 5.39. The van der Waals surface area contributed by atoms with Crippen molar-refractivity contribution in [2.75, 3.05) is 19.9 Å². The van der Waals surface area contributed by atoms with Gasteiger partial charge in [-0.15, -0.1) is 0 Å². The van der Waals surface area contributed by atoms with Crippen LogP contribution in [-0.4, -0.2) is 52.8 Å². The van der Waals surface area contributed by atoms with Crippen molar-refractivity contribution in [3.8, 4) is 0 Å². The second-order valence-corrected chi connectivity index (χ2v) is 4.98. The summed E-state index contributed by atoms with van der Waals surface area (Å²) >= 11 is 0. The molecule has 1 unspecified atom stereocenters. The number of nitrogens with zero attached hydrogens (tertiary/aromatic N) is 3. The van der Waals surface area contributed by atoms with Gasteiger partial charge in [0.05, 0.1) is 30.6 Å². The first kappa shape index (κ1) is 13.0. The van der Waals surface area contributed by atoms with E-state index in [4.69, 9.17) is 4.74 Å². The standard InChI is InChI=1S/C13H16N4O3/c18-12-2-1-10(7-20-8-14-12)17-4-3-9-5-15-16-6-11(9)13(17)19/h5-6,10H,1-4,7-8H2,(H,14,18). The first-order valence-corrected chi connectivity index (χ1v) is 6.70. The molecule has 2 aliphatic rings. The molecule has 0 aliphatic carbocycles. The zero-order valence-electron chi connectivity index (χ0n) is 11.0. The minimum absolute atomic E-state index is 0.0366. The van der Waals surface area contributed by atoms with Crippen LogP contribution >= 0.6 is 0 Å². The van der Waals surface area contributed by atoms with E-state index >= 15 is 0 Å². The number of hydrogen-bond acceptors (Lipinski definition) is 5. The van der Waals surface area contributed by atoms with Gasteiger partial charge in [-0.25, -0.2) is 0 Å². The SMILES string of the molecule is O=C1CCC(N2CCc3cnncc3C2=O)COCN1. The van der Waals surface area contributed by atoms with Gasteiger partial charge in [-0.1, -0.05) is 0 Å². The summed E-state index contributed by atoms with van der Waals surface area (Å²) in [4.78, 5) is 25.7. The second-order valence-electron chi connectivity index (χ2n) is 4.98. The van der Waals surface area contributed by atoms with Crippen LogP contribution in [0.5, 0.6) is 0 Å². The van der Waals surface area contributed by atoms with E-state index in [-0.39, 0.29) is 24.6 Å². The van der Waals surface area contributed by atoms with Gasteiger partial charge in [0.1, 0.15) is 6.73 Å². The fourth-order valence-electron chi connectivity index (χ4n) is 2.63. The third-order valence-electron chi connectivity index (χ3n) is 3.75. The number of fused-ring (bicyclic) bond motifs is 1. The van der Waals surface area contributed by atoms with Crippen molar-refractivity contribution in [3.05, 3.63) is 23.5 Å². The molecule has 3 rings (SSSR count). The van der Waals surface area contributed by atoms with Crippen LogP contribution in [0.15, 0.2) is 12.4 Å². The summed E-state index contributed by atoms with van der Waals surface area (Å²) in [6.07, 6.45) is 4.96.